The molecule has 0 spiro atoms. The molecule has 0 radical (unpaired) electrons. The molecule has 2 amide bonds. The van der Waals surface area contributed by atoms with Crippen molar-refractivity contribution in [2.75, 3.05) is 44.8 Å². The highest BCUT2D eigenvalue weighted by Crippen LogP contribution is 2.31. The Labute approximate surface area is 216 Å². The van der Waals surface area contributed by atoms with Crippen LogP contribution in [0.15, 0.2) is 54.9 Å². The number of morpholine rings is 1. The fraction of sp³-hybridized carbons (Fsp3) is 0.333. The molecule has 190 valence electrons. The molecule has 3 aromatic rings. The highest BCUT2D eigenvalue weighted by molar-refractivity contribution is 6.31. The number of anilines is 1. The van der Waals surface area contributed by atoms with E-state index in [0.717, 1.165) is 61.0 Å². The number of benzene rings is 2. The molecule has 0 atom stereocenters. The van der Waals surface area contributed by atoms with Crippen molar-refractivity contribution >= 4 is 23.3 Å². The van der Waals surface area contributed by atoms with Crippen LogP contribution in [0.3, 0.4) is 0 Å². The SMILES string of the molecule is Cc1cc(NC(=O)NCc2ccc(Oc3ccncc3)cc2C)c(OCCN2CCOCC2)cc1Cl. The van der Waals surface area contributed by atoms with Gasteiger partial charge in [0, 0.05) is 49.7 Å². The molecule has 0 saturated carbocycles. The van der Waals surface area contributed by atoms with Crippen LogP contribution < -0.4 is 20.1 Å². The zero-order valence-corrected chi connectivity index (χ0v) is 21.3. The van der Waals surface area contributed by atoms with Crippen molar-refractivity contribution in [3.05, 3.63) is 76.6 Å². The van der Waals surface area contributed by atoms with Crippen molar-refractivity contribution in [2.24, 2.45) is 0 Å². The number of nitrogens with one attached hydrogen (secondary N) is 2. The minimum Gasteiger partial charge on any atom is -0.490 e. The van der Waals surface area contributed by atoms with E-state index in [0.29, 0.717) is 29.6 Å². The Morgan fingerprint density at radius 3 is 2.58 bits per heavy atom. The summed E-state index contributed by atoms with van der Waals surface area (Å²) in [5.74, 6) is 1.99. The number of carbonyl (C=O) groups is 1. The Morgan fingerprint density at radius 1 is 1.06 bits per heavy atom. The Morgan fingerprint density at radius 2 is 1.83 bits per heavy atom. The second-order valence-electron chi connectivity index (χ2n) is 8.58. The normalized spacial score (nSPS) is 13.8. The lowest BCUT2D eigenvalue weighted by molar-refractivity contribution is 0.0323. The molecule has 1 saturated heterocycles. The van der Waals surface area contributed by atoms with Crippen LogP contribution in [-0.4, -0.2) is 55.4 Å². The predicted molar refractivity (Wildman–Crippen MR) is 140 cm³/mol. The molecule has 4 rings (SSSR count). The number of halogens is 1. The van der Waals surface area contributed by atoms with E-state index in [-0.39, 0.29) is 6.03 Å². The minimum absolute atomic E-state index is 0.328. The van der Waals surface area contributed by atoms with Gasteiger partial charge in [0.05, 0.1) is 18.9 Å². The summed E-state index contributed by atoms with van der Waals surface area (Å²) in [7, 11) is 0. The third kappa shape index (κ3) is 7.34. The minimum atomic E-state index is -0.328. The molecule has 1 fully saturated rings. The highest BCUT2D eigenvalue weighted by Gasteiger charge is 2.14. The Kier molecular flexibility index (Phi) is 9.00. The Hall–Kier alpha value is -3.33. The Balaban J connectivity index is 1.32. The van der Waals surface area contributed by atoms with Gasteiger partial charge in [-0.1, -0.05) is 17.7 Å². The molecule has 2 N–H and O–H groups in total. The number of hydrogen-bond donors (Lipinski definition) is 2. The van der Waals surface area contributed by atoms with Crippen LogP contribution >= 0.6 is 11.6 Å². The van der Waals surface area contributed by atoms with Crippen LogP contribution in [0.1, 0.15) is 16.7 Å². The molecule has 0 unspecified atom stereocenters. The van der Waals surface area contributed by atoms with Crippen molar-refractivity contribution in [1.29, 1.82) is 0 Å². The largest absolute Gasteiger partial charge is 0.490 e. The summed E-state index contributed by atoms with van der Waals surface area (Å²) in [4.78, 5) is 19.0. The number of nitrogens with zero attached hydrogens (tertiary/aromatic N) is 2. The van der Waals surface area contributed by atoms with Crippen molar-refractivity contribution in [2.45, 2.75) is 20.4 Å². The first-order valence-electron chi connectivity index (χ1n) is 11.9. The number of rotatable bonds is 9. The summed E-state index contributed by atoms with van der Waals surface area (Å²) in [6.45, 7) is 8.77. The maximum absolute atomic E-state index is 12.7. The summed E-state index contributed by atoms with van der Waals surface area (Å²) in [5, 5.41) is 6.41. The molecule has 0 aliphatic carbocycles. The molecule has 1 aromatic heterocycles. The maximum atomic E-state index is 12.7. The lowest BCUT2D eigenvalue weighted by atomic mass is 10.1. The third-order valence-electron chi connectivity index (χ3n) is 5.92. The van der Waals surface area contributed by atoms with E-state index in [1.807, 2.05) is 38.1 Å². The topological polar surface area (TPSA) is 85.0 Å². The number of pyridine rings is 1. The average molecular weight is 511 g/mol. The van der Waals surface area contributed by atoms with Gasteiger partial charge >= 0.3 is 6.03 Å². The van der Waals surface area contributed by atoms with Crippen LogP contribution in [0.25, 0.3) is 0 Å². The summed E-state index contributed by atoms with van der Waals surface area (Å²) < 4.78 is 17.2. The van der Waals surface area contributed by atoms with E-state index in [9.17, 15) is 4.79 Å². The summed E-state index contributed by atoms with van der Waals surface area (Å²) in [5.41, 5.74) is 3.43. The van der Waals surface area contributed by atoms with Crippen LogP contribution in [0.5, 0.6) is 17.2 Å². The second-order valence-corrected chi connectivity index (χ2v) is 8.99. The first-order valence-corrected chi connectivity index (χ1v) is 12.3. The number of ether oxygens (including phenoxy) is 3. The van der Waals surface area contributed by atoms with Crippen molar-refractivity contribution in [3.63, 3.8) is 0 Å². The zero-order valence-electron chi connectivity index (χ0n) is 20.6. The van der Waals surface area contributed by atoms with Crippen LogP contribution in [0, 0.1) is 13.8 Å². The number of carbonyl (C=O) groups excluding carboxylic acids is 1. The number of amides is 2. The van der Waals surface area contributed by atoms with E-state index >= 15 is 0 Å². The van der Waals surface area contributed by atoms with Crippen LogP contribution in [-0.2, 0) is 11.3 Å². The summed E-state index contributed by atoms with van der Waals surface area (Å²) >= 11 is 6.32. The van der Waals surface area contributed by atoms with E-state index in [2.05, 4.69) is 20.5 Å². The molecule has 0 bridgehead atoms. The van der Waals surface area contributed by atoms with E-state index < -0.39 is 0 Å². The van der Waals surface area contributed by atoms with Crippen molar-refractivity contribution in [3.8, 4) is 17.2 Å². The molecule has 8 nitrogen and oxygen atoms in total. The average Bonchev–Trinajstić information content (AvgIpc) is 2.87. The van der Waals surface area contributed by atoms with Crippen molar-refractivity contribution in [1.82, 2.24) is 15.2 Å². The van der Waals surface area contributed by atoms with Crippen LogP contribution in [0.2, 0.25) is 5.02 Å². The van der Waals surface area contributed by atoms with Gasteiger partial charge < -0.3 is 24.8 Å². The molecule has 2 aromatic carbocycles. The van der Waals surface area contributed by atoms with Gasteiger partial charge in [-0.3, -0.25) is 9.88 Å². The van der Waals surface area contributed by atoms with Gasteiger partial charge in [-0.2, -0.15) is 0 Å². The number of aromatic nitrogens is 1. The zero-order chi connectivity index (χ0) is 25.3. The van der Waals surface area contributed by atoms with E-state index in [1.54, 1.807) is 30.6 Å². The van der Waals surface area contributed by atoms with E-state index in [1.165, 1.54) is 0 Å². The molecular formula is C27H31ClN4O4. The predicted octanol–water partition coefficient (Wildman–Crippen LogP) is 5.18. The Bertz CT molecular complexity index is 1170. The first-order chi connectivity index (χ1) is 17.5. The molecule has 1 aliphatic rings. The smallest absolute Gasteiger partial charge is 0.319 e. The number of hydrogen-bond acceptors (Lipinski definition) is 6. The fourth-order valence-corrected chi connectivity index (χ4v) is 3.96. The monoisotopic (exact) mass is 510 g/mol. The quantitative estimate of drug-likeness (QED) is 0.413. The molecule has 9 heteroatoms. The van der Waals surface area contributed by atoms with Crippen molar-refractivity contribution < 1.29 is 19.0 Å². The molecule has 1 aliphatic heterocycles. The maximum Gasteiger partial charge on any atom is 0.319 e. The van der Waals surface area contributed by atoms with Gasteiger partial charge in [-0.15, -0.1) is 0 Å². The van der Waals surface area contributed by atoms with Crippen LogP contribution in [0.4, 0.5) is 10.5 Å². The molecular weight excluding hydrogens is 480 g/mol. The number of urea groups is 1. The number of aryl methyl sites for hydroxylation is 2. The lowest BCUT2D eigenvalue weighted by Crippen LogP contribution is -2.38. The summed E-state index contributed by atoms with van der Waals surface area (Å²) in [6.07, 6.45) is 3.36. The summed E-state index contributed by atoms with van der Waals surface area (Å²) in [6, 6.07) is 12.6. The van der Waals surface area contributed by atoms with Gasteiger partial charge in [0.25, 0.3) is 0 Å². The highest BCUT2D eigenvalue weighted by atomic mass is 35.5. The standard InChI is InChI=1S/C27H31ClN4O4/c1-19-15-23(36-22-5-7-29-8-6-22)4-3-21(19)18-30-27(33)31-25-16-20(2)24(28)17-26(25)35-14-11-32-9-12-34-13-10-32/h3-8,15-17H,9-14,18H2,1-2H3,(H2,30,31,33). The third-order valence-corrected chi connectivity index (χ3v) is 6.32. The first kappa shape index (κ1) is 25.8. The second kappa shape index (κ2) is 12.6. The van der Waals surface area contributed by atoms with Gasteiger partial charge in [0.2, 0.25) is 0 Å². The van der Waals surface area contributed by atoms with Gasteiger partial charge in [0.1, 0.15) is 23.9 Å². The van der Waals surface area contributed by atoms with Gasteiger partial charge in [-0.05, 0) is 60.9 Å². The lowest BCUT2D eigenvalue weighted by Gasteiger charge is -2.26. The van der Waals surface area contributed by atoms with Gasteiger partial charge in [-0.25, -0.2) is 4.79 Å². The molecule has 2 heterocycles. The fourth-order valence-electron chi connectivity index (χ4n) is 3.80. The van der Waals surface area contributed by atoms with E-state index in [4.69, 9.17) is 25.8 Å². The molecule has 36 heavy (non-hydrogen) atoms. The van der Waals surface area contributed by atoms with Gasteiger partial charge in [0.15, 0.2) is 0 Å².